The van der Waals surface area contributed by atoms with Crippen molar-refractivity contribution < 1.29 is 0 Å². The van der Waals surface area contributed by atoms with E-state index in [9.17, 15) is 0 Å². The normalized spacial score (nSPS) is 10.2. The molecule has 1 nitrogen and oxygen atoms in total. The highest BCUT2D eigenvalue weighted by Crippen LogP contribution is 2.23. The van der Waals surface area contributed by atoms with Crippen LogP contribution in [0.4, 0.5) is 5.69 Å². The lowest BCUT2D eigenvalue weighted by Gasteiger charge is -2.10. The van der Waals surface area contributed by atoms with E-state index in [-0.39, 0.29) is 0 Å². The van der Waals surface area contributed by atoms with Crippen LogP contribution in [0.3, 0.4) is 0 Å². The molecule has 0 radical (unpaired) electrons. The molecule has 0 unspecified atom stereocenters. The van der Waals surface area contributed by atoms with Crippen molar-refractivity contribution in [1.82, 2.24) is 0 Å². The van der Waals surface area contributed by atoms with Gasteiger partial charge in [-0.05, 0) is 36.6 Å². The number of benzene rings is 2. The average molecular weight is 290 g/mol. The molecular formula is C15H16BrN. The van der Waals surface area contributed by atoms with Crippen molar-refractivity contribution in [2.24, 2.45) is 0 Å². The lowest BCUT2D eigenvalue weighted by molar-refractivity contribution is 1.02. The van der Waals surface area contributed by atoms with Gasteiger partial charge in [-0.25, -0.2) is 0 Å². The minimum Gasteiger partial charge on any atom is -0.384 e. The summed E-state index contributed by atoms with van der Waals surface area (Å²) >= 11 is 3.54. The van der Waals surface area contributed by atoms with Gasteiger partial charge in [-0.15, -0.1) is 0 Å². The molecule has 0 atom stereocenters. The fourth-order valence-corrected chi connectivity index (χ4v) is 2.15. The predicted octanol–water partition coefficient (Wildman–Crippen LogP) is 4.41. The van der Waals surface area contributed by atoms with Gasteiger partial charge in [0.2, 0.25) is 0 Å². The molecule has 2 aromatic rings. The lowest BCUT2D eigenvalue weighted by Crippen LogP contribution is -2.06. The van der Waals surface area contributed by atoms with E-state index in [0.717, 1.165) is 17.4 Å². The van der Waals surface area contributed by atoms with E-state index >= 15 is 0 Å². The summed E-state index contributed by atoms with van der Waals surface area (Å²) in [4.78, 5) is 0. The van der Waals surface area contributed by atoms with Crippen molar-refractivity contribution in [2.45, 2.75) is 13.3 Å². The topological polar surface area (TPSA) is 12.0 Å². The van der Waals surface area contributed by atoms with Gasteiger partial charge in [-0.1, -0.05) is 52.3 Å². The van der Waals surface area contributed by atoms with E-state index < -0.39 is 0 Å². The Kier molecular flexibility index (Phi) is 4.21. The molecule has 2 rings (SSSR count). The lowest BCUT2D eigenvalue weighted by atomic mass is 10.1. The van der Waals surface area contributed by atoms with E-state index in [1.54, 1.807) is 0 Å². The SMILES string of the molecule is Cc1c(Br)cccc1NCCc1ccccc1. The van der Waals surface area contributed by atoms with Crippen LogP contribution in [0.25, 0.3) is 0 Å². The Morgan fingerprint density at radius 1 is 1.00 bits per heavy atom. The zero-order chi connectivity index (χ0) is 12.1. The first-order valence-corrected chi connectivity index (χ1v) is 6.59. The van der Waals surface area contributed by atoms with Crippen molar-refractivity contribution in [3.8, 4) is 0 Å². The fourth-order valence-electron chi connectivity index (χ4n) is 1.79. The van der Waals surface area contributed by atoms with Gasteiger partial charge in [0, 0.05) is 16.7 Å². The second-order valence-electron chi connectivity index (χ2n) is 4.07. The molecule has 2 aromatic carbocycles. The summed E-state index contributed by atoms with van der Waals surface area (Å²) in [6.07, 6.45) is 1.05. The molecule has 0 aliphatic heterocycles. The minimum absolute atomic E-state index is 0.960. The quantitative estimate of drug-likeness (QED) is 0.879. The summed E-state index contributed by atoms with van der Waals surface area (Å²) in [6, 6.07) is 16.8. The number of hydrogen-bond donors (Lipinski definition) is 1. The number of anilines is 1. The molecule has 0 bridgehead atoms. The number of halogens is 1. The van der Waals surface area contributed by atoms with Gasteiger partial charge in [-0.2, -0.15) is 0 Å². The van der Waals surface area contributed by atoms with Crippen molar-refractivity contribution in [2.75, 3.05) is 11.9 Å². The maximum absolute atomic E-state index is 3.54. The molecule has 1 N–H and O–H groups in total. The summed E-state index contributed by atoms with van der Waals surface area (Å²) in [5.41, 5.74) is 3.84. The van der Waals surface area contributed by atoms with Gasteiger partial charge in [0.1, 0.15) is 0 Å². The van der Waals surface area contributed by atoms with E-state index in [4.69, 9.17) is 0 Å². The highest BCUT2D eigenvalue weighted by atomic mass is 79.9. The molecule has 0 fully saturated rings. The maximum atomic E-state index is 3.54. The molecule has 0 saturated heterocycles. The van der Waals surface area contributed by atoms with Crippen LogP contribution in [0.1, 0.15) is 11.1 Å². The first-order chi connectivity index (χ1) is 8.27. The predicted molar refractivity (Wildman–Crippen MR) is 77.5 cm³/mol. The van der Waals surface area contributed by atoms with E-state index in [0.29, 0.717) is 0 Å². The second kappa shape index (κ2) is 5.87. The Balaban J connectivity index is 1.93. The standard InChI is InChI=1S/C15H16BrN/c1-12-14(16)8-5-9-15(12)17-11-10-13-6-3-2-4-7-13/h2-9,17H,10-11H2,1H3. The zero-order valence-electron chi connectivity index (χ0n) is 9.91. The highest BCUT2D eigenvalue weighted by molar-refractivity contribution is 9.10. The number of hydrogen-bond acceptors (Lipinski definition) is 1. The minimum atomic E-state index is 0.960. The van der Waals surface area contributed by atoms with Crippen LogP contribution < -0.4 is 5.32 Å². The first-order valence-electron chi connectivity index (χ1n) is 5.80. The highest BCUT2D eigenvalue weighted by Gasteiger charge is 2.00. The van der Waals surface area contributed by atoms with E-state index in [1.165, 1.54) is 16.8 Å². The third kappa shape index (κ3) is 3.34. The molecule has 0 saturated carbocycles. The summed E-state index contributed by atoms with van der Waals surface area (Å²) in [7, 11) is 0. The number of rotatable bonds is 4. The average Bonchev–Trinajstić information content (AvgIpc) is 2.36. The Bertz CT molecular complexity index is 480. The van der Waals surface area contributed by atoms with Gasteiger partial charge in [0.15, 0.2) is 0 Å². The van der Waals surface area contributed by atoms with Crippen LogP contribution >= 0.6 is 15.9 Å². The molecule has 2 heteroatoms. The van der Waals surface area contributed by atoms with Crippen LogP contribution in [0.15, 0.2) is 53.0 Å². The molecule has 0 aromatic heterocycles. The summed E-state index contributed by atoms with van der Waals surface area (Å²) in [5.74, 6) is 0. The fraction of sp³-hybridized carbons (Fsp3) is 0.200. The molecule has 0 amide bonds. The molecule has 0 spiro atoms. The number of nitrogens with one attached hydrogen (secondary N) is 1. The van der Waals surface area contributed by atoms with E-state index in [2.05, 4.69) is 76.7 Å². The van der Waals surface area contributed by atoms with Gasteiger partial charge >= 0.3 is 0 Å². The zero-order valence-corrected chi connectivity index (χ0v) is 11.5. The van der Waals surface area contributed by atoms with Crippen LogP contribution in [0, 0.1) is 6.92 Å². The Labute approximate surface area is 111 Å². The summed E-state index contributed by atoms with van der Waals surface area (Å²) in [6.45, 7) is 3.08. The summed E-state index contributed by atoms with van der Waals surface area (Å²) in [5, 5.41) is 3.47. The van der Waals surface area contributed by atoms with Gasteiger partial charge < -0.3 is 5.32 Å². The Morgan fingerprint density at radius 3 is 2.53 bits per heavy atom. The molecule has 0 aliphatic rings. The summed E-state index contributed by atoms with van der Waals surface area (Å²) < 4.78 is 1.15. The largest absolute Gasteiger partial charge is 0.384 e. The van der Waals surface area contributed by atoms with Gasteiger partial charge in [0.05, 0.1) is 0 Å². The van der Waals surface area contributed by atoms with Crippen molar-refractivity contribution in [3.63, 3.8) is 0 Å². The third-order valence-corrected chi connectivity index (χ3v) is 3.70. The van der Waals surface area contributed by atoms with Crippen LogP contribution in [0.2, 0.25) is 0 Å². The first kappa shape index (κ1) is 12.2. The molecule has 17 heavy (non-hydrogen) atoms. The molecular weight excluding hydrogens is 274 g/mol. The van der Waals surface area contributed by atoms with Crippen LogP contribution in [0.5, 0.6) is 0 Å². The Hall–Kier alpha value is -1.28. The maximum Gasteiger partial charge on any atom is 0.0381 e. The van der Waals surface area contributed by atoms with E-state index in [1.807, 2.05) is 0 Å². The smallest absolute Gasteiger partial charge is 0.0381 e. The Morgan fingerprint density at radius 2 is 1.76 bits per heavy atom. The van der Waals surface area contributed by atoms with Crippen molar-refractivity contribution in [3.05, 3.63) is 64.1 Å². The van der Waals surface area contributed by atoms with Gasteiger partial charge in [-0.3, -0.25) is 0 Å². The monoisotopic (exact) mass is 289 g/mol. The van der Waals surface area contributed by atoms with Gasteiger partial charge in [0.25, 0.3) is 0 Å². The van der Waals surface area contributed by atoms with Crippen LogP contribution in [-0.4, -0.2) is 6.54 Å². The van der Waals surface area contributed by atoms with Crippen LogP contribution in [-0.2, 0) is 6.42 Å². The van der Waals surface area contributed by atoms with Crippen molar-refractivity contribution in [1.29, 1.82) is 0 Å². The second-order valence-corrected chi connectivity index (χ2v) is 4.93. The molecule has 0 aliphatic carbocycles. The molecule has 0 heterocycles. The third-order valence-electron chi connectivity index (χ3n) is 2.84. The van der Waals surface area contributed by atoms with Crippen molar-refractivity contribution >= 4 is 21.6 Å². The molecule has 88 valence electrons.